The van der Waals surface area contributed by atoms with Gasteiger partial charge in [0.2, 0.25) is 0 Å². The fourth-order valence-corrected chi connectivity index (χ4v) is 2.19. The number of aromatic carboxylic acids is 1. The summed E-state index contributed by atoms with van der Waals surface area (Å²) in [7, 11) is 0. The van der Waals surface area contributed by atoms with Gasteiger partial charge in [-0.2, -0.15) is 0 Å². The molecule has 0 bridgehead atoms. The van der Waals surface area contributed by atoms with Crippen molar-refractivity contribution in [3.63, 3.8) is 0 Å². The van der Waals surface area contributed by atoms with Gasteiger partial charge in [0, 0.05) is 5.56 Å². The normalized spacial score (nSPS) is 11.2. The Morgan fingerprint density at radius 2 is 1.71 bits per heavy atom. The van der Waals surface area contributed by atoms with Crippen molar-refractivity contribution < 1.29 is 14.6 Å². The molecule has 1 N–H and O–H groups in total. The number of rotatable bonds is 3. The van der Waals surface area contributed by atoms with Gasteiger partial charge in [0.05, 0.1) is 5.56 Å². The minimum Gasteiger partial charge on any atom is -0.478 e. The Kier molecular flexibility index (Phi) is 4.03. The third-order valence-corrected chi connectivity index (χ3v) is 3.34. The molecule has 0 aliphatic rings. The molecule has 0 spiro atoms. The monoisotopic (exact) mass is 284 g/mol. The van der Waals surface area contributed by atoms with Crippen molar-refractivity contribution in [1.82, 2.24) is 0 Å². The topological polar surface area (TPSA) is 46.5 Å². The van der Waals surface area contributed by atoms with Crippen LogP contribution in [0.1, 0.15) is 42.3 Å². The van der Waals surface area contributed by atoms with Crippen molar-refractivity contribution in [3.05, 3.63) is 59.2 Å². The number of carbonyl (C=O) groups is 1. The zero-order chi connectivity index (χ0) is 15.6. The number of hydrogen-bond acceptors (Lipinski definition) is 2. The summed E-state index contributed by atoms with van der Waals surface area (Å²) in [6.45, 7) is 8.25. The molecule has 0 amide bonds. The highest BCUT2D eigenvalue weighted by Gasteiger charge is 2.19. The van der Waals surface area contributed by atoms with E-state index in [4.69, 9.17) is 9.84 Å². The number of carboxylic acid groups (broad SMARTS) is 1. The molecule has 0 fully saturated rings. The van der Waals surface area contributed by atoms with E-state index < -0.39 is 5.97 Å². The van der Waals surface area contributed by atoms with Gasteiger partial charge in [0.1, 0.15) is 11.5 Å². The molecule has 2 rings (SSSR count). The van der Waals surface area contributed by atoms with Crippen molar-refractivity contribution in [2.45, 2.75) is 33.1 Å². The maximum absolute atomic E-state index is 11.0. The highest BCUT2D eigenvalue weighted by molar-refractivity contribution is 5.88. The summed E-state index contributed by atoms with van der Waals surface area (Å²) in [4.78, 5) is 11.0. The van der Waals surface area contributed by atoms with E-state index in [9.17, 15) is 4.79 Å². The quantitative estimate of drug-likeness (QED) is 0.882. The lowest BCUT2D eigenvalue weighted by atomic mass is 9.86. The van der Waals surface area contributed by atoms with Crippen molar-refractivity contribution in [2.24, 2.45) is 0 Å². The molecule has 0 saturated carbocycles. The molecular formula is C18H20O3. The zero-order valence-electron chi connectivity index (χ0n) is 12.8. The smallest absolute Gasteiger partial charge is 0.335 e. The summed E-state index contributed by atoms with van der Waals surface area (Å²) in [5.41, 5.74) is 2.17. The summed E-state index contributed by atoms with van der Waals surface area (Å²) in [6.07, 6.45) is 0. The van der Waals surface area contributed by atoms with Crippen molar-refractivity contribution in [2.75, 3.05) is 0 Å². The molecule has 3 heteroatoms. The van der Waals surface area contributed by atoms with Crippen LogP contribution in [0.3, 0.4) is 0 Å². The van der Waals surface area contributed by atoms with E-state index in [1.165, 1.54) is 0 Å². The molecule has 0 atom stereocenters. The van der Waals surface area contributed by atoms with Crippen LogP contribution in [0.2, 0.25) is 0 Å². The molecule has 0 aliphatic heterocycles. The Morgan fingerprint density at radius 1 is 1.05 bits per heavy atom. The van der Waals surface area contributed by atoms with Gasteiger partial charge >= 0.3 is 5.97 Å². The van der Waals surface area contributed by atoms with Crippen LogP contribution in [0, 0.1) is 6.92 Å². The second-order valence-corrected chi connectivity index (χ2v) is 6.13. The number of benzene rings is 2. The second kappa shape index (κ2) is 5.60. The number of aryl methyl sites for hydroxylation is 1. The van der Waals surface area contributed by atoms with Crippen LogP contribution in [-0.4, -0.2) is 11.1 Å². The average Bonchev–Trinajstić information content (AvgIpc) is 2.40. The Bertz CT molecular complexity index is 666. The third-order valence-electron chi connectivity index (χ3n) is 3.34. The molecule has 21 heavy (non-hydrogen) atoms. The summed E-state index contributed by atoms with van der Waals surface area (Å²) in [5, 5.41) is 9.00. The average molecular weight is 284 g/mol. The lowest BCUT2D eigenvalue weighted by Gasteiger charge is -2.23. The highest BCUT2D eigenvalue weighted by atomic mass is 16.5. The van der Waals surface area contributed by atoms with E-state index in [0.717, 1.165) is 16.9 Å². The largest absolute Gasteiger partial charge is 0.478 e. The molecular weight excluding hydrogens is 264 g/mol. The van der Waals surface area contributed by atoms with Gasteiger partial charge in [-0.25, -0.2) is 4.79 Å². The number of carboxylic acids is 1. The van der Waals surface area contributed by atoms with E-state index in [2.05, 4.69) is 26.8 Å². The third kappa shape index (κ3) is 3.43. The number of hydrogen-bond donors (Lipinski definition) is 1. The maximum atomic E-state index is 11.0. The second-order valence-electron chi connectivity index (χ2n) is 6.13. The maximum Gasteiger partial charge on any atom is 0.335 e. The fraction of sp³-hybridized carbons (Fsp3) is 0.278. The van der Waals surface area contributed by atoms with Crippen LogP contribution in [0.25, 0.3) is 0 Å². The Morgan fingerprint density at radius 3 is 2.29 bits per heavy atom. The first kappa shape index (κ1) is 15.1. The summed E-state index contributed by atoms with van der Waals surface area (Å²) < 4.78 is 6.01. The van der Waals surface area contributed by atoms with Gasteiger partial charge in [-0.1, -0.05) is 39.0 Å². The predicted octanol–water partition coefficient (Wildman–Crippen LogP) is 4.78. The van der Waals surface area contributed by atoms with Gasteiger partial charge in [-0.05, 0) is 42.2 Å². The van der Waals surface area contributed by atoms with E-state index >= 15 is 0 Å². The van der Waals surface area contributed by atoms with Gasteiger partial charge < -0.3 is 9.84 Å². The fourth-order valence-electron chi connectivity index (χ4n) is 2.19. The first-order valence-electron chi connectivity index (χ1n) is 6.90. The summed E-state index contributed by atoms with van der Waals surface area (Å²) >= 11 is 0. The van der Waals surface area contributed by atoms with Crippen LogP contribution in [0.5, 0.6) is 11.5 Å². The molecule has 2 aromatic carbocycles. The van der Waals surface area contributed by atoms with Gasteiger partial charge in [0.25, 0.3) is 0 Å². The van der Waals surface area contributed by atoms with E-state index in [1.807, 2.05) is 25.1 Å². The van der Waals surface area contributed by atoms with Crippen LogP contribution < -0.4 is 4.74 Å². The molecule has 2 aromatic rings. The van der Waals surface area contributed by atoms with Gasteiger partial charge in [0.15, 0.2) is 0 Å². The zero-order valence-corrected chi connectivity index (χ0v) is 12.8. The lowest BCUT2D eigenvalue weighted by Crippen LogP contribution is -2.12. The van der Waals surface area contributed by atoms with Crippen LogP contribution in [0.15, 0.2) is 42.5 Å². The van der Waals surface area contributed by atoms with Gasteiger partial charge in [-0.3, -0.25) is 0 Å². The van der Waals surface area contributed by atoms with E-state index in [0.29, 0.717) is 5.75 Å². The Labute approximate surface area is 125 Å². The molecule has 0 saturated heterocycles. The number of ether oxygens (including phenoxy) is 1. The SMILES string of the molecule is Cc1cc(C(=O)O)ccc1Oc1ccccc1C(C)(C)C. The first-order valence-corrected chi connectivity index (χ1v) is 6.90. The Balaban J connectivity index is 2.38. The minimum atomic E-state index is -0.931. The Hall–Kier alpha value is -2.29. The lowest BCUT2D eigenvalue weighted by molar-refractivity contribution is 0.0697. The standard InChI is InChI=1S/C18H20O3/c1-12-11-13(17(19)20)9-10-15(12)21-16-8-6-5-7-14(16)18(2,3)4/h5-11H,1-4H3,(H,19,20). The summed E-state index contributed by atoms with van der Waals surface area (Å²) in [6, 6.07) is 12.8. The molecule has 3 nitrogen and oxygen atoms in total. The molecule has 0 unspecified atom stereocenters. The molecule has 0 aliphatic carbocycles. The van der Waals surface area contributed by atoms with E-state index in [-0.39, 0.29) is 11.0 Å². The molecule has 0 aromatic heterocycles. The first-order chi connectivity index (χ1) is 9.79. The number of para-hydroxylation sites is 1. The van der Waals surface area contributed by atoms with Crippen LogP contribution >= 0.6 is 0 Å². The molecule has 0 radical (unpaired) electrons. The van der Waals surface area contributed by atoms with Crippen molar-refractivity contribution >= 4 is 5.97 Å². The van der Waals surface area contributed by atoms with Crippen LogP contribution in [0.4, 0.5) is 0 Å². The summed E-state index contributed by atoms with van der Waals surface area (Å²) in [5.74, 6) is 0.549. The molecule has 0 heterocycles. The van der Waals surface area contributed by atoms with Crippen molar-refractivity contribution in [3.8, 4) is 11.5 Å². The van der Waals surface area contributed by atoms with Gasteiger partial charge in [-0.15, -0.1) is 0 Å². The molecule has 110 valence electrons. The minimum absolute atomic E-state index is 0.0223. The highest BCUT2D eigenvalue weighted by Crippen LogP contribution is 2.35. The van der Waals surface area contributed by atoms with Crippen LogP contribution in [-0.2, 0) is 5.41 Å². The predicted molar refractivity (Wildman–Crippen MR) is 83.4 cm³/mol. The van der Waals surface area contributed by atoms with Crippen molar-refractivity contribution in [1.29, 1.82) is 0 Å². The van der Waals surface area contributed by atoms with E-state index in [1.54, 1.807) is 18.2 Å².